The van der Waals surface area contributed by atoms with Crippen molar-refractivity contribution in [1.29, 1.82) is 0 Å². The van der Waals surface area contributed by atoms with Gasteiger partial charge in [0, 0.05) is 0 Å². The molecule has 0 aromatic heterocycles. The van der Waals surface area contributed by atoms with Gasteiger partial charge in [0.1, 0.15) is 22.6 Å². The summed E-state index contributed by atoms with van der Waals surface area (Å²) in [7, 11) is 0. The molecular weight excluding hydrogens is 424 g/mol. The van der Waals surface area contributed by atoms with Crippen LogP contribution >= 0.6 is 0 Å². The first-order valence-corrected chi connectivity index (χ1v) is 7.80. The Kier molecular flexibility index (Phi) is 5.91. The lowest BCUT2D eigenvalue weighted by atomic mass is 9.98. The van der Waals surface area contributed by atoms with Crippen LogP contribution in [-0.4, -0.2) is 66.5 Å². The number of carbonyl (C=O) groups is 6. The van der Waals surface area contributed by atoms with E-state index >= 15 is 0 Å². The largest absolute Gasteiger partial charge is 0.478 e. The van der Waals surface area contributed by atoms with Gasteiger partial charge in [0.15, 0.2) is 0 Å². The van der Waals surface area contributed by atoms with Gasteiger partial charge >= 0.3 is 35.8 Å². The van der Waals surface area contributed by atoms with Crippen molar-refractivity contribution in [2.24, 2.45) is 0 Å². The summed E-state index contributed by atoms with van der Waals surface area (Å²) in [5.74, 6) is -12.9. The molecule has 13 heteroatoms. The Labute approximate surface area is 170 Å². The van der Waals surface area contributed by atoms with Crippen LogP contribution in [0.1, 0.15) is 62.1 Å². The van der Waals surface area contributed by atoms with Crippen molar-refractivity contribution in [2.75, 3.05) is 0 Å². The maximum atomic E-state index is 11.6. The molecule has 0 spiro atoms. The van der Waals surface area contributed by atoms with Gasteiger partial charge in [-0.1, -0.05) is 0 Å². The highest BCUT2D eigenvalue weighted by Crippen LogP contribution is 2.34. The van der Waals surface area contributed by atoms with Crippen molar-refractivity contribution in [2.45, 2.75) is 0 Å². The van der Waals surface area contributed by atoms with E-state index in [1.54, 1.807) is 0 Å². The highest BCUT2D eigenvalue weighted by molar-refractivity contribution is 6.12. The van der Waals surface area contributed by atoms with Crippen molar-refractivity contribution in [1.82, 2.24) is 0 Å². The topological polar surface area (TPSA) is 233 Å². The molecule has 13 nitrogen and oxygen atoms in total. The van der Waals surface area contributed by atoms with Gasteiger partial charge in [-0.05, 0) is 24.3 Å². The lowest BCUT2D eigenvalue weighted by Crippen LogP contribution is -2.17. The maximum Gasteiger partial charge on any atom is 0.340 e. The number of aromatic carboxylic acids is 6. The third-order valence-electron chi connectivity index (χ3n) is 3.87. The zero-order chi connectivity index (χ0) is 23.6. The standard InChI is InChI=1S/C18H10O13/c19-13(20)5-1-3-7(11(17(27)28)9(5)15(23)24)31-8-4-2-6(14(21)22)10(16(25)26)12(8)18(29)30/h1-4H,(H,19,20)(H,21,22)(H,23,24)(H,25,26)(H,27,28)(H,29,30). The van der Waals surface area contributed by atoms with Gasteiger partial charge in [-0.3, -0.25) is 0 Å². The van der Waals surface area contributed by atoms with E-state index in [1.165, 1.54) is 0 Å². The second-order valence-electron chi connectivity index (χ2n) is 5.66. The molecule has 6 N–H and O–H groups in total. The summed E-state index contributed by atoms with van der Waals surface area (Å²) in [5, 5.41) is 55.5. The number of benzene rings is 2. The van der Waals surface area contributed by atoms with Crippen molar-refractivity contribution in [3.05, 3.63) is 57.6 Å². The minimum Gasteiger partial charge on any atom is -0.478 e. The molecule has 0 aliphatic rings. The van der Waals surface area contributed by atoms with E-state index in [0.29, 0.717) is 12.1 Å². The molecular formula is C18H10O13. The van der Waals surface area contributed by atoms with Gasteiger partial charge in [0.05, 0.1) is 22.3 Å². The molecule has 2 rings (SSSR count). The van der Waals surface area contributed by atoms with Crippen LogP contribution in [0.3, 0.4) is 0 Å². The third-order valence-corrected chi connectivity index (χ3v) is 3.87. The van der Waals surface area contributed by atoms with Gasteiger partial charge in [0.2, 0.25) is 0 Å². The van der Waals surface area contributed by atoms with Crippen molar-refractivity contribution >= 4 is 35.8 Å². The molecule has 0 bridgehead atoms. The Morgan fingerprint density at radius 2 is 0.742 bits per heavy atom. The van der Waals surface area contributed by atoms with Crippen LogP contribution in [-0.2, 0) is 0 Å². The SMILES string of the molecule is O=C(O)c1ccc(Oc2ccc(C(=O)O)c(C(=O)O)c2C(=O)O)c(C(=O)O)c1C(=O)O. The van der Waals surface area contributed by atoms with Crippen LogP contribution in [0.5, 0.6) is 11.5 Å². The Morgan fingerprint density at radius 3 is 0.968 bits per heavy atom. The predicted octanol–water partition coefficient (Wildman–Crippen LogP) is 1.67. The monoisotopic (exact) mass is 434 g/mol. The first-order chi connectivity index (χ1) is 14.4. The quantitative estimate of drug-likeness (QED) is 0.347. The zero-order valence-electron chi connectivity index (χ0n) is 14.9. The minimum atomic E-state index is -1.94. The fraction of sp³-hybridized carbons (Fsp3) is 0. The predicted molar refractivity (Wildman–Crippen MR) is 94.7 cm³/mol. The Hall–Kier alpha value is -4.94. The number of hydrogen-bond donors (Lipinski definition) is 6. The van der Waals surface area contributed by atoms with E-state index in [1.807, 2.05) is 0 Å². The number of rotatable bonds is 8. The van der Waals surface area contributed by atoms with Crippen LogP contribution < -0.4 is 4.74 Å². The molecule has 0 unspecified atom stereocenters. The number of ether oxygens (including phenoxy) is 1. The molecule has 0 heterocycles. The molecule has 0 atom stereocenters. The maximum absolute atomic E-state index is 11.6. The first kappa shape index (κ1) is 22.4. The molecule has 2 aromatic rings. The smallest absolute Gasteiger partial charge is 0.340 e. The summed E-state index contributed by atoms with van der Waals surface area (Å²) in [5.41, 5.74) is -6.44. The van der Waals surface area contributed by atoms with Crippen LogP contribution in [0.15, 0.2) is 24.3 Å². The van der Waals surface area contributed by atoms with E-state index in [9.17, 15) is 49.2 Å². The minimum absolute atomic E-state index is 0.692. The molecule has 2 aromatic carbocycles. The van der Waals surface area contributed by atoms with Gasteiger partial charge in [0.25, 0.3) is 0 Å². The molecule has 0 aliphatic carbocycles. The summed E-state index contributed by atoms with van der Waals surface area (Å²) < 4.78 is 5.14. The summed E-state index contributed by atoms with van der Waals surface area (Å²) in [6.45, 7) is 0. The molecule has 0 saturated carbocycles. The van der Waals surface area contributed by atoms with Crippen LogP contribution in [0.25, 0.3) is 0 Å². The fourth-order valence-corrected chi connectivity index (χ4v) is 2.68. The fourth-order valence-electron chi connectivity index (χ4n) is 2.68. The second kappa shape index (κ2) is 8.20. The number of carboxylic acid groups (broad SMARTS) is 6. The molecule has 160 valence electrons. The van der Waals surface area contributed by atoms with Gasteiger partial charge in [-0.2, -0.15) is 0 Å². The lowest BCUT2D eigenvalue weighted by Gasteiger charge is -2.16. The number of carboxylic acids is 6. The van der Waals surface area contributed by atoms with E-state index in [4.69, 9.17) is 14.9 Å². The van der Waals surface area contributed by atoms with E-state index in [0.717, 1.165) is 12.1 Å². The van der Waals surface area contributed by atoms with Gasteiger partial charge < -0.3 is 35.4 Å². The average molecular weight is 434 g/mol. The summed E-state index contributed by atoms with van der Waals surface area (Å²) >= 11 is 0. The molecule has 31 heavy (non-hydrogen) atoms. The van der Waals surface area contributed by atoms with Crippen molar-refractivity contribution in [3.8, 4) is 11.5 Å². The Bertz CT molecular complexity index is 1080. The van der Waals surface area contributed by atoms with E-state index in [-0.39, 0.29) is 0 Å². The lowest BCUT2D eigenvalue weighted by molar-refractivity contribution is 0.0629. The van der Waals surface area contributed by atoms with Crippen LogP contribution in [0.2, 0.25) is 0 Å². The third kappa shape index (κ3) is 4.09. The molecule has 0 aliphatic heterocycles. The molecule has 0 saturated heterocycles. The van der Waals surface area contributed by atoms with Gasteiger partial charge in [-0.15, -0.1) is 0 Å². The van der Waals surface area contributed by atoms with Gasteiger partial charge in [-0.25, -0.2) is 28.8 Å². The first-order valence-electron chi connectivity index (χ1n) is 7.80. The molecule has 0 radical (unpaired) electrons. The average Bonchev–Trinajstić information content (AvgIpc) is 2.65. The van der Waals surface area contributed by atoms with Crippen molar-refractivity contribution in [3.63, 3.8) is 0 Å². The Balaban J connectivity index is 2.86. The zero-order valence-corrected chi connectivity index (χ0v) is 14.9. The second-order valence-corrected chi connectivity index (χ2v) is 5.66. The molecule has 0 fully saturated rings. The molecule has 0 amide bonds. The van der Waals surface area contributed by atoms with E-state index < -0.39 is 80.7 Å². The number of hydrogen-bond acceptors (Lipinski definition) is 7. The van der Waals surface area contributed by atoms with E-state index in [2.05, 4.69) is 0 Å². The summed E-state index contributed by atoms with van der Waals surface area (Å²) in [4.78, 5) is 68.7. The van der Waals surface area contributed by atoms with Crippen molar-refractivity contribution < 1.29 is 64.1 Å². The highest BCUT2D eigenvalue weighted by atomic mass is 16.5. The summed E-state index contributed by atoms with van der Waals surface area (Å²) in [6.07, 6.45) is 0. The van der Waals surface area contributed by atoms with Crippen LogP contribution in [0.4, 0.5) is 0 Å². The summed E-state index contributed by atoms with van der Waals surface area (Å²) in [6, 6.07) is 2.85. The Morgan fingerprint density at radius 1 is 0.452 bits per heavy atom. The van der Waals surface area contributed by atoms with Crippen LogP contribution in [0, 0.1) is 0 Å². The normalized spacial score (nSPS) is 10.2. The highest BCUT2D eigenvalue weighted by Gasteiger charge is 2.31.